The molecule has 4 nitrogen and oxygen atoms in total. The van der Waals surface area contributed by atoms with Crippen LogP contribution < -0.4 is 5.73 Å². The SMILES string of the molecule is CSc1nc(N)nc(-c2ccc(F)c(F)c2F)n1. The lowest BCUT2D eigenvalue weighted by Gasteiger charge is -2.05. The molecule has 0 amide bonds. The van der Waals surface area contributed by atoms with Crippen LogP contribution in [0.1, 0.15) is 0 Å². The third-order valence-electron chi connectivity index (χ3n) is 2.09. The lowest BCUT2D eigenvalue weighted by atomic mass is 10.2. The molecule has 2 aromatic rings. The Balaban J connectivity index is 2.62. The zero-order valence-corrected chi connectivity index (χ0v) is 9.93. The molecule has 2 rings (SSSR count). The Labute approximate surface area is 104 Å². The number of hydrogen-bond acceptors (Lipinski definition) is 5. The second kappa shape index (κ2) is 4.81. The Morgan fingerprint density at radius 1 is 1.06 bits per heavy atom. The number of nitrogens with zero attached hydrogens (tertiary/aromatic N) is 3. The maximum absolute atomic E-state index is 13.6. The molecule has 0 spiro atoms. The van der Waals surface area contributed by atoms with Gasteiger partial charge in [-0.15, -0.1) is 0 Å². The first-order valence-corrected chi connectivity index (χ1v) is 5.95. The largest absolute Gasteiger partial charge is 0.368 e. The van der Waals surface area contributed by atoms with Gasteiger partial charge < -0.3 is 5.73 Å². The van der Waals surface area contributed by atoms with Gasteiger partial charge in [0.15, 0.2) is 28.4 Å². The number of nitrogen functional groups attached to an aromatic ring is 1. The molecular weight excluding hydrogens is 265 g/mol. The summed E-state index contributed by atoms with van der Waals surface area (Å²) in [6.07, 6.45) is 1.69. The Morgan fingerprint density at radius 3 is 2.44 bits per heavy atom. The predicted octanol–water partition coefficient (Wildman–Crippen LogP) is 2.26. The standard InChI is InChI=1S/C10H7F3N4S/c1-18-10-16-8(15-9(14)17-10)4-2-3-5(11)7(13)6(4)12/h2-3H,1H3,(H2,14,15,16,17). The van der Waals surface area contributed by atoms with Crippen LogP contribution in [-0.2, 0) is 0 Å². The van der Waals surface area contributed by atoms with E-state index in [1.54, 1.807) is 6.26 Å². The molecule has 0 aliphatic rings. The summed E-state index contributed by atoms with van der Waals surface area (Å²) in [5, 5.41) is 0.265. The second-order valence-corrected chi connectivity index (χ2v) is 4.00. The molecule has 0 aliphatic carbocycles. The molecule has 8 heteroatoms. The average molecular weight is 272 g/mol. The van der Waals surface area contributed by atoms with Gasteiger partial charge >= 0.3 is 0 Å². The number of hydrogen-bond donors (Lipinski definition) is 1. The van der Waals surface area contributed by atoms with Crippen LogP contribution in [0.4, 0.5) is 19.1 Å². The van der Waals surface area contributed by atoms with E-state index in [4.69, 9.17) is 5.73 Å². The molecule has 0 saturated carbocycles. The minimum atomic E-state index is -1.57. The van der Waals surface area contributed by atoms with E-state index < -0.39 is 17.5 Å². The van der Waals surface area contributed by atoms with Crippen molar-refractivity contribution >= 4 is 17.7 Å². The van der Waals surface area contributed by atoms with Crippen molar-refractivity contribution in [2.24, 2.45) is 0 Å². The number of halogens is 3. The van der Waals surface area contributed by atoms with E-state index in [1.807, 2.05) is 0 Å². The topological polar surface area (TPSA) is 64.7 Å². The molecule has 1 heterocycles. The first kappa shape index (κ1) is 12.6. The van der Waals surface area contributed by atoms with Crippen molar-refractivity contribution in [3.05, 3.63) is 29.6 Å². The van der Waals surface area contributed by atoms with Gasteiger partial charge in [0.2, 0.25) is 5.95 Å². The van der Waals surface area contributed by atoms with Crippen molar-refractivity contribution in [2.75, 3.05) is 12.0 Å². The van der Waals surface area contributed by atoms with E-state index in [9.17, 15) is 13.2 Å². The highest BCUT2D eigenvalue weighted by Gasteiger charge is 2.17. The highest BCUT2D eigenvalue weighted by atomic mass is 32.2. The summed E-state index contributed by atoms with van der Waals surface area (Å²) in [5.41, 5.74) is 5.16. The molecule has 1 aromatic heterocycles. The minimum Gasteiger partial charge on any atom is -0.368 e. The molecule has 0 aliphatic heterocycles. The summed E-state index contributed by atoms with van der Waals surface area (Å²) < 4.78 is 39.5. The van der Waals surface area contributed by atoms with Crippen molar-refractivity contribution in [3.63, 3.8) is 0 Å². The molecule has 0 unspecified atom stereocenters. The number of aromatic nitrogens is 3. The van der Waals surface area contributed by atoms with E-state index in [0.717, 1.165) is 12.1 Å². The van der Waals surface area contributed by atoms with Crippen LogP contribution in [0.25, 0.3) is 11.4 Å². The van der Waals surface area contributed by atoms with Crippen LogP contribution in [-0.4, -0.2) is 21.2 Å². The molecule has 0 fully saturated rings. The highest BCUT2D eigenvalue weighted by Crippen LogP contribution is 2.24. The third-order valence-corrected chi connectivity index (χ3v) is 2.64. The number of rotatable bonds is 2. The Morgan fingerprint density at radius 2 is 1.78 bits per heavy atom. The Bertz CT molecular complexity index is 606. The number of thioether (sulfide) groups is 1. The first-order valence-electron chi connectivity index (χ1n) is 4.72. The predicted molar refractivity (Wildman–Crippen MR) is 61.3 cm³/mol. The minimum absolute atomic E-state index is 0.117. The van der Waals surface area contributed by atoms with Gasteiger partial charge in [0.25, 0.3) is 0 Å². The fraction of sp³-hybridized carbons (Fsp3) is 0.100. The summed E-state index contributed by atoms with van der Waals surface area (Å²) in [5.74, 6) is -4.45. The van der Waals surface area contributed by atoms with Crippen LogP contribution in [0, 0.1) is 17.5 Å². The van der Waals surface area contributed by atoms with Crippen LogP contribution >= 0.6 is 11.8 Å². The maximum atomic E-state index is 13.6. The lowest BCUT2D eigenvalue weighted by molar-refractivity contribution is 0.448. The zero-order chi connectivity index (χ0) is 13.3. The summed E-state index contributed by atoms with van der Waals surface area (Å²) in [6.45, 7) is 0. The summed E-state index contributed by atoms with van der Waals surface area (Å²) in [4.78, 5) is 11.4. The number of anilines is 1. The van der Waals surface area contributed by atoms with Gasteiger partial charge in [0.05, 0.1) is 5.56 Å². The van der Waals surface area contributed by atoms with Gasteiger partial charge in [-0.25, -0.2) is 18.2 Å². The molecule has 0 atom stereocenters. The van der Waals surface area contributed by atoms with E-state index in [-0.39, 0.29) is 22.5 Å². The van der Waals surface area contributed by atoms with Crippen LogP contribution in [0.5, 0.6) is 0 Å². The quantitative estimate of drug-likeness (QED) is 0.671. The molecule has 0 saturated heterocycles. The van der Waals surface area contributed by atoms with E-state index in [2.05, 4.69) is 15.0 Å². The molecule has 1 aromatic carbocycles. The van der Waals surface area contributed by atoms with Crippen molar-refractivity contribution in [1.29, 1.82) is 0 Å². The summed E-state index contributed by atoms with van der Waals surface area (Å²) in [6, 6.07) is 1.85. The van der Waals surface area contributed by atoms with Gasteiger partial charge in [0, 0.05) is 0 Å². The van der Waals surface area contributed by atoms with Gasteiger partial charge in [0.1, 0.15) is 0 Å². The summed E-state index contributed by atoms with van der Waals surface area (Å²) >= 11 is 1.17. The van der Waals surface area contributed by atoms with E-state index >= 15 is 0 Å². The van der Waals surface area contributed by atoms with Crippen LogP contribution in [0.15, 0.2) is 17.3 Å². The third kappa shape index (κ3) is 2.23. The lowest BCUT2D eigenvalue weighted by Crippen LogP contribution is -2.03. The van der Waals surface area contributed by atoms with Crippen molar-refractivity contribution in [2.45, 2.75) is 5.16 Å². The van der Waals surface area contributed by atoms with Gasteiger partial charge in [-0.05, 0) is 18.4 Å². The van der Waals surface area contributed by atoms with Crippen molar-refractivity contribution in [1.82, 2.24) is 15.0 Å². The van der Waals surface area contributed by atoms with Crippen molar-refractivity contribution < 1.29 is 13.2 Å². The van der Waals surface area contributed by atoms with E-state index in [1.165, 1.54) is 11.8 Å². The van der Waals surface area contributed by atoms with Gasteiger partial charge in [-0.3, -0.25) is 0 Å². The highest BCUT2D eigenvalue weighted by molar-refractivity contribution is 7.98. The number of nitrogens with two attached hydrogens (primary N) is 1. The smallest absolute Gasteiger partial charge is 0.224 e. The van der Waals surface area contributed by atoms with Crippen LogP contribution in [0.2, 0.25) is 0 Å². The number of benzene rings is 1. The summed E-state index contributed by atoms with van der Waals surface area (Å²) in [7, 11) is 0. The molecule has 0 radical (unpaired) electrons. The second-order valence-electron chi connectivity index (χ2n) is 3.23. The monoisotopic (exact) mass is 272 g/mol. The average Bonchev–Trinajstić information content (AvgIpc) is 2.35. The normalized spacial score (nSPS) is 10.7. The molecule has 0 bridgehead atoms. The fourth-order valence-electron chi connectivity index (χ4n) is 1.28. The molecule has 18 heavy (non-hydrogen) atoms. The zero-order valence-electron chi connectivity index (χ0n) is 9.12. The van der Waals surface area contributed by atoms with E-state index in [0.29, 0.717) is 0 Å². The first-order chi connectivity index (χ1) is 8.52. The van der Waals surface area contributed by atoms with Crippen molar-refractivity contribution in [3.8, 4) is 11.4 Å². The Hall–Kier alpha value is -1.83. The van der Waals surface area contributed by atoms with Crippen LogP contribution in [0.3, 0.4) is 0 Å². The molecule has 94 valence electrons. The molecular formula is C10H7F3N4S. The Kier molecular flexibility index (Phi) is 3.37. The fourth-order valence-corrected chi connectivity index (χ4v) is 1.64. The van der Waals surface area contributed by atoms with Gasteiger partial charge in [-0.1, -0.05) is 11.8 Å². The van der Waals surface area contributed by atoms with Gasteiger partial charge in [-0.2, -0.15) is 9.97 Å². The maximum Gasteiger partial charge on any atom is 0.224 e. The molecule has 2 N–H and O–H groups in total.